The summed E-state index contributed by atoms with van der Waals surface area (Å²) in [4.78, 5) is 0. The fraction of sp³-hybridized carbons (Fsp3) is 0.111. The quantitative estimate of drug-likeness (QED) is 0.101. The summed E-state index contributed by atoms with van der Waals surface area (Å²) in [5.41, 5.74) is 32.0. The molecular formula is C81H56O3S. The standard InChI is InChI=1S/C81H56O3S/c82-85(83,81(77-40-16-34-65-59-28-10-4-22-53(59)46-71(65)77,78-41-17-35-66-60-29-11-5-23-54(60)47-72(66)78)79-42-18-36-67-61-30-12-6-24-55(61)48-73(67)79)84-49-80(74-37-13-31-62-56-25-7-1-19-50(56)43-68(62)74,75-38-14-32-63-57-26-8-2-20-51(57)44-69(63)75)76-39-15-33-64-58-27-9-3-21-52(58)45-70(64)76/h1-42H,43-49H2. The molecule has 0 unspecified atom stereocenters. The minimum atomic E-state index is -4.93. The highest BCUT2D eigenvalue weighted by molar-refractivity contribution is 7.88. The first-order valence-electron chi connectivity index (χ1n) is 30.0. The minimum Gasteiger partial charge on any atom is -0.267 e. The van der Waals surface area contributed by atoms with Gasteiger partial charge in [-0.25, -0.2) is 0 Å². The molecular weight excluding hydrogens is 1050 g/mol. The number of rotatable bonds is 10. The Kier molecular flexibility index (Phi) is 10.5. The Hall–Kier alpha value is -9.45. The normalized spacial score (nSPS) is 14.0. The maximum atomic E-state index is 18.4. The summed E-state index contributed by atoms with van der Waals surface area (Å²) in [5, 5.41) is 0. The van der Waals surface area contributed by atoms with Gasteiger partial charge in [-0.15, -0.1) is 0 Å². The van der Waals surface area contributed by atoms with Crippen molar-refractivity contribution >= 4 is 10.1 Å². The van der Waals surface area contributed by atoms with Crippen LogP contribution < -0.4 is 0 Å². The van der Waals surface area contributed by atoms with Gasteiger partial charge >= 0.3 is 0 Å². The number of benzene rings is 12. The summed E-state index contributed by atoms with van der Waals surface area (Å²) in [6.07, 6.45) is 3.85. The van der Waals surface area contributed by atoms with E-state index in [4.69, 9.17) is 4.18 Å². The van der Waals surface area contributed by atoms with E-state index >= 15 is 8.42 Å². The molecule has 0 radical (unpaired) electrons. The van der Waals surface area contributed by atoms with Crippen LogP contribution in [-0.2, 0) is 63.0 Å². The van der Waals surface area contributed by atoms with E-state index in [-0.39, 0.29) is 6.61 Å². The van der Waals surface area contributed by atoms with Crippen LogP contribution in [0.2, 0.25) is 0 Å². The molecule has 6 aliphatic carbocycles. The summed E-state index contributed by atoms with van der Waals surface area (Å²) >= 11 is 0. The Labute approximate surface area is 496 Å². The maximum absolute atomic E-state index is 18.4. The molecule has 0 aliphatic heterocycles. The fourth-order valence-corrected chi connectivity index (χ4v) is 18.8. The number of hydrogen-bond donors (Lipinski definition) is 0. The average molecular weight is 1110 g/mol. The average Bonchev–Trinajstić information content (AvgIpc) is 1.74. The Morgan fingerprint density at radius 1 is 0.247 bits per heavy atom. The van der Waals surface area contributed by atoms with E-state index in [1.807, 2.05) is 0 Å². The molecule has 3 nitrogen and oxygen atoms in total. The zero-order valence-electron chi connectivity index (χ0n) is 46.8. The van der Waals surface area contributed by atoms with Crippen molar-refractivity contribution < 1.29 is 12.6 Å². The van der Waals surface area contributed by atoms with Crippen LogP contribution in [-0.4, -0.2) is 15.0 Å². The molecule has 6 aliphatic rings. The predicted molar refractivity (Wildman–Crippen MR) is 343 cm³/mol. The van der Waals surface area contributed by atoms with Crippen LogP contribution in [0.1, 0.15) is 100 Å². The largest absolute Gasteiger partial charge is 0.286 e. The van der Waals surface area contributed by atoms with Crippen molar-refractivity contribution in [3.63, 3.8) is 0 Å². The zero-order valence-corrected chi connectivity index (χ0v) is 47.6. The Balaban J connectivity index is 0.957. The van der Waals surface area contributed by atoms with Gasteiger partial charge in [0, 0.05) is 0 Å². The molecule has 0 saturated carbocycles. The summed E-state index contributed by atoms with van der Waals surface area (Å²) in [5.74, 6) is 0. The smallest absolute Gasteiger partial charge is 0.267 e. The number of hydrogen-bond acceptors (Lipinski definition) is 3. The summed E-state index contributed by atoms with van der Waals surface area (Å²) in [7, 11) is -4.93. The van der Waals surface area contributed by atoms with E-state index in [2.05, 4.69) is 255 Å². The molecule has 0 amide bonds. The van der Waals surface area contributed by atoms with Crippen LogP contribution in [0.4, 0.5) is 0 Å². The maximum Gasteiger partial charge on any atom is 0.286 e. The van der Waals surface area contributed by atoms with E-state index in [1.165, 1.54) is 83.5 Å². The Bertz CT molecular complexity index is 4530. The van der Waals surface area contributed by atoms with Crippen molar-refractivity contribution in [1.82, 2.24) is 0 Å². The molecule has 0 aromatic heterocycles. The highest BCUT2D eigenvalue weighted by atomic mass is 32.2. The lowest BCUT2D eigenvalue weighted by molar-refractivity contribution is 0.261. The molecule has 0 atom stereocenters. The lowest BCUT2D eigenvalue weighted by Gasteiger charge is -2.42. The zero-order chi connectivity index (χ0) is 56.2. The van der Waals surface area contributed by atoms with Crippen molar-refractivity contribution in [1.29, 1.82) is 0 Å². The first-order valence-corrected chi connectivity index (χ1v) is 31.4. The lowest BCUT2D eigenvalue weighted by atomic mass is 9.64. The van der Waals surface area contributed by atoms with E-state index in [9.17, 15) is 0 Å². The Morgan fingerprint density at radius 2 is 0.447 bits per heavy atom. The van der Waals surface area contributed by atoms with Gasteiger partial charge in [-0.3, -0.25) is 4.18 Å². The topological polar surface area (TPSA) is 43.4 Å². The van der Waals surface area contributed by atoms with Gasteiger partial charge < -0.3 is 0 Å². The molecule has 0 heterocycles. The third-order valence-electron chi connectivity index (χ3n) is 20.4. The SMILES string of the molecule is O=S(=O)(OCC(c1cccc2c1Cc1ccccc1-2)(c1cccc2c1Cc1ccccc1-2)c1cccc2c1Cc1ccccc1-2)C(c1cccc2c1Cc1ccccc1-2)(c1cccc2c1Cc1ccccc1-2)c1cccc2c1Cc1ccccc1-2. The van der Waals surface area contributed by atoms with Crippen molar-refractivity contribution in [2.24, 2.45) is 0 Å². The second-order valence-electron chi connectivity index (χ2n) is 24.3. The van der Waals surface area contributed by atoms with Crippen LogP contribution in [0, 0.1) is 0 Å². The monoisotopic (exact) mass is 1110 g/mol. The molecule has 404 valence electrons. The summed E-state index contributed by atoms with van der Waals surface area (Å²) in [6, 6.07) is 91.8. The van der Waals surface area contributed by atoms with Gasteiger partial charge in [0.1, 0.15) is 0 Å². The first-order chi connectivity index (χ1) is 41.9. The van der Waals surface area contributed by atoms with Crippen LogP contribution in [0.3, 0.4) is 0 Å². The molecule has 0 spiro atoms. The minimum absolute atomic E-state index is 0.205. The summed E-state index contributed by atoms with van der Waals surface area (Å²) < 4.78 is 42.8. The van der Waals surface area contributed by atoms with E-state index in [0.717, 1.165) is 83.5 Å². The van der Waals surface area contributed by atoms with Crippen LogP contribution >= 0.6 is 0 Å². The molecule has 4 heteroatoms. The van der Waals surface area contributed by atoms with E-state index < -0.39 is 20.3 Å². The van der Waals surface area contributed by atoms with Gasteiger partial charge in [0.15, 0.2) is 4.75 Å². The fourth-order valence-electron chi connectivity index (χ4n) is 16.9. The second kappa shape index (κ2) is 18.3. The highest BCUT2D eigenvalue weighted by Gasteiger charge is 2.57. The van der Waals surface area contributed by atoms with Gasteiger partial charge in [0.25, 0.3) is 10.1 Å². The third-order valence-corrected chi connectivity index (χ3v) is 22.3. The Morgan fingerprint density at radius 3 is 0.694 bits per heavy atom. The molecule has 85 heavy (non-hydrogen) atoms. The molecule has 0 N–H and O–H groups in total. The van der Waals surface area contributed by atoms with Crippen LogP contribution in [0.5, 0.6) is 0 Å². The number of fused-ring (bicyclic) bond motifs is 18. The van der Waals surface area contributed by atoms with Crippen molar-refractivity contribution in [2.75, 3.05) is 6.61 Å². The first kappa shape index (κ1) is 49.0. The summed E-state index contributed by atoms with van der Waals surface area (Å²) in [6.45, 7) is -0.205. The van der Waals surface area contributed by atoms with Gasteiger partial charge in [0.05, 0.1) is 12.0 Å². The molecule has 12 aromatic carbocycles. The van der Waals surface area contributed by atoms with Gasteiger partial charge in [-0.2, -0.15) is 8.42 Å². The third kappa shape index (κ3) is 6.78. The molecule has 0 saturated heterocycles. The predicted octanol–water partition coefficient (Wildman–Crippen LogP) is 17.8. The van der Waals surface area contributed by atoms with Gasteiger partial charge in [-0.05, 0) is 205 Å². The van der Waals surface area contributed by atoms with Gasteiger partial charge in [0.2, 0.25) is 0 Å². The van der Waals surface area contributed by atoms with Crippen LogP contribution in [0.15, 0.2) is 255 Å². The van der Waals surface area contributed by atoms with Crippen molar-refractivity contribution in [3.8, 4) is 66.8 Å². The molecule has 12 aromatic rings. The van der Waals surface area contributed by atoms with Crippen molar-refractivity contribution in [3.05, 3.63) is 355 Å². The molecule has 0 bridgehead atoms. The van der Waals surface area contributed by atoms with Crippen LogP contribution in [0.25, 0.3) is 66.8 Å². The highest BCUT2D eigenvalue weighted by Crippen LogP contribution is 2.59. The lowest BCUT2D eigenvalue weighted by Crippen LogP contribution is -2.45. The molecule has 18 rings (SSSR count). The van der Waals surface area contributed by atoms with E-state index in [0.29, 0.717) is 38.5 Å². The van der Waals surface area contributed by atoms with E-state index in [1.54, 1.807) is 0 Å². The van der Waals surface area contributed by atoms with Gasteiger partial charge in [-0.1, -0.05) is 255 Å². The second-order valence-corrected chi connectivity index (χ2v) is 26.1. The molecule has 0 fully saturated rings. The van der Waals surface area contributed by atoms with Crippen molar-refractivity contribution in [2.45, 2.75) is 48.7 Å².